The number of likely N-dealkylation sites (tertiary alicyclic amines) is 2. The van der Waals surface area contributed by atoms with Crippen molar-refractivity contribution in [2.24, 2.45) is 23.7 Å². The monoisotopic (exact) mass is 837 g/mol. The number of hydrogen-bond donors (Lipinski definition) is 1. The zero-order chi connectivity index (χ0) is 44.7. The van der Waals surface area contributed by atoms with Crippen LogP contribution in [0.25, 0.3) is 0 Å². The van der Waals surface area contributed by atoms with Crippen molar-refractivity contribution in [1.82, 2.24) is 29.8 Å². The molecule has 3 aliphatic heterocycles. The number of rotatable bonds is 17. The highest BCUT2D eigenvalue weighted by Gasteiger charge is 2.48. The van der Waals surface area contributed by atoms with Crippen molar-refractivity contribution in [3.8, 4) is 0 Å². The molecule has 0 saturated carbocycles. The summed E-state index contributed by atoms with van der Waals surface area (Å²) in [6.07, 6.45) is 2.02. The molecule has 1 aromatic rings. The molecule has 3 heterocycles. The first-order valence-electron chi connectivity index (χ1n) is 21.4. The molecule has 2 fully saturated rings. The van der Waals surface area contributed by atoms with Crippen LogP contribution in [0.2, 0.25) is 0 Å². The van der Waals surface area contributed by atoms with Gasteiger partial charge in [0.15, 0.2) is 6.10 Å². The highest BCUT2D eigenvalue weighted by molar-refractivity contribution is 6.06. The number of benzene rings is 1. The second-order valence-corrected chi connectivity index (χ2v) is 18.0. The van der Waals surface area contributed by atoms with E-state index in [1.54, 1.807) is 20.9 Å². The predicted octanol–water partition coefficient (Wildman–Crippen LogP) is 3.26. The van der Waals surface area contributed by atoms with Crippen molar-refractivity contribution >= 4 is 41.4 Å². The fourth-order valence-corrected chi connectivity index (χ4v) is 8.93. The largest absolute Gasteiger partial charge is 0.499 e. The summed E-state index contributed by atoms with van der Waals surface area (Å²) in [6, 6.07) is 4.52. The van der Waals surface area contributed by atoms with Crippen LogP contribution in [0.15, 0.2) is 42.2 Å². The number of carbonyl (C=O) groups excluding carboxylic acids is 7. The molecule has 60 heavy (non-hydrogen) atoms. The Hall–Kier alpha value is -4.79. The Morgan fingerprint density at radius 3 is 1.88 bits per heavy atom. The van der Waals surface area contributed by atoms with Crippen LogP contribution in [0.1, 0.15) is 86.6 Å². The molecule has 0 bridgehead atoms. The Morgan fingerprint density at radius 1 is 0.767 bits per heavy atom. The van der Waals surface area contributed by atoms with Crippen LogP contribution < -0.4 is 5.32 Å². The lowest BCUT2D eigenvalue weighted by Gasteiger charge is -2.39. The van der Waals surface area contributed by atoms with Gasteiger partial charge in [-0.15, -0.1) is 0 Å². The van der Waals surface area contributed by atoms with Gasteiger partial charge in [0.25, 0.3) is 11.8 Å². The molecule has 332 valence electrons. The minimum Gasteiger partial charge on any atom is -0.499 e. The van der Waals surface area contributed by atoms with Gasteiger partial charge in [-0.25, -0.2) is 4.79 Å². The number of amides is 6. The number of esters is 1. The number of methoxy groups -OCH3 is 1. The van der Waals surface area contributed by atoms with Crippen LogP contribution in [0.3, 0.4) is 0 Å². The minimum absolute atomic E-state index is 0.00726. The number of nitrogens with zero attached hydrogens (tertiary/aromatic N) is 5. The maximum atomic E-state index is 14.5. The number of likely N-dealkylation sites (N-methyl/N-ethyl adjacent to an activating group) is 2. The third kappa shape index (κ3) is 10.6. The number of nitrogens with one attached hydrogen (secondary N) is 1. The van der Waals surface area contributed by atoms with E-state index >= 15 is 0 Å². The quantitative estimate of drug-likeness (QED) is 0.230. The molecule has 0 radical (unpaired) electrons. The van der Waals surface area contributed by atoms with Gasteiger partial charge in [-0.3, -0.25) is 38.6 Å². The Balaban J connectivity index is 1.50. The lowest BCUT2D eigenvalue weighted by Crippen LogP contribution is -2.61. The molecule has 1 aromatic carbocycles. The summed E-state index contributed by atoms with van der Waals surface area (Å²) in [6.45, 7) is 15.3. The summed E-state index contributed by atoms with van der Waals surface area (Å²) >= 11 is 0. The molecule has 0 unspecified atom stereocenters. The summed E-state index contributed by atoms with van der Waals surface area (Å²) < 4.78 is 11.4. The van der Waals surface area contributed by atoms with Crippen molar-refractivity contribution in [3.63, 3.8) is 0 Å². The van der Waals surface area contributed by atoms with Crippen LogP contribution in [-0.4, -0.2) is 150 Å². The predicted molar refractivity (Wildman–Crippen MR) is 226 cm³/mol. The van der Waals surface area contributed by atoms with Gasteiger partial charge >= 0.3 is 5.97 Å². The van der Waals surface area contributed by atoms with Gasteiger partial charge < -0.3 is 29.5 Å². The molecule has 4 rings (SSSR count). The lowest BCUT2D eigenvalue weighted by atomic mass is 9.96. The molecule has 2 saturated heterocycles. The average molecular weight is 837 g/mol. The van der Waals surface area contributed by atoms with E-state index in [0.29, 0.717) is 44.4 Å². The molecule has 3 aliphatic rings. The topological polar surface area (TPSA) is 166 Å². The second kappa shape index (κ2) is 20.7. The van der Waals surface area contributed by atoms with E-state index in [1.165, 1.54) is 27.9 Å². The first kappa shape index (κ1) is 47.9. The average Bonchev–Trinajstić information content (AvgIpc) is 3.94. The SMILES string of the molecule is COC1=CC(=O)N(C(=O)[C@H](OC(=O)[C@@H]2CCCN2C(=O)[C@@H]2CCCN2C(=O)[C@@H](C(C)C)N(C)C(=O)[C@H](NC(=O)[C@H](C(C)C)N(C)C)C(C)C)C(C)C)[C@H]1Cc1ccccc1. The normalized spacial score (nSPS) is 21.4. The summed E-state index contributed by atoms with van der Waals surface area (Å²) in [5.41, 5.74) is 0.886. The summed E-state index contributed by atoms with van der Waals surface area (Å²) in [5, 5.41) is 2.95. The van der Waals surface area contributed by atoms with Gasteiger partial charge in [0.1, 0.15) is 36.0 Å². The Labute approximate surface area is 356 Å². The minimum atomic E-state index is -1.31. The van der Waals surface area contributed by atoms with E-state index in [0.717, 1.165) is 10.5 Å². The number of imide groups is 1. The van der Waals surface area contributed by atoms with Crippen molar-refractivity contribution < 1.29 is 43.0 Å². The molecule has 7 atom stereocenters. The molecule has 6 amide bonds. The number of ether oxygens (including phenoxy) is 2. The van der Waals surface area contributed by atoms with Crippen molar-refractivity contribution in [3.05, 3.63) is 47.7 Å². The van der Waals surface area contributed by atoms with Gasteiger partial charge in [0.2, 0.25) is 23.6 Å². The fourth-order valence-electron chi connectivity index (χ4n) is 8.93. The molecule has 1 N–H and O–H groups in total. The van der Waals surface area contributed by atoms with E-state index < -0.39 is 77.9 Å². The highest BCUT2D eigenvalue weighted by atomic mass is 16.6. The molecule has 15 nitrogen and oxygen atoms in total. The van der Waals surface area contributed by atoms with E-state index in [-0.39, 0.29) is 36.1 Å². The Bertz CT molecular complexity index is 1750. The number of hydrogen-bond acceptors (Lipinski definition) is 10. The second-order valence-electron chi connectivity index (χ2n) is 18.0. The summed E-state index contributed by atoms with van der Waals surface area (Å²) in [7, 11) is 6.64. The molecular formula is C45H68N6O9. The number of carbonyl (C=O) groups is 7. The molecule has 15 heteroatoms. The van der Waals surface area contributed by atoms with Crippen molar-refractivity contribution in [2.75, 3.05) is 41.3 Å². The molecule has 0 aromatic heterocycles. The van der Waals surface area contributed by atoms with E-state index in [1.807, 2.05) is 90.9 Å². The maximum Gasteiger partial charge on any atom is 0.329 e. The van der Waals surface area contributed by atoms with Crippen molar-refractivity contribution in [1.29, 1.82) is 0 Å². The molecule has 0 aliphatic carbocycles. The van der Waals surface area contributed by atoms with Crippen LogP contribution in [0, 0.1) is 23.7 Å². The van der Waals surface area contributed by atoms with E-state index in [9.17, 15) is 33.6 Å². The van der Waals surface area contributed by atoms with Crippen LogP contribution in [-0.2, 0) is 49.5 Å². The maximum absolute atomic E-state index is 14.5. The lowest BCUT2D eigenvalue weighted by molar-refractivity contribution is -0.170. The van der Waals surface area contributed by atoms with Gasteiger partial charge in [0.05, 0.1) is 13.2 Å². The standard InChI is InChI=1S/C45H68N6O9/c1-26(2)36(46-40(53)37(27(3)4)47(9)10)42(55)48(11)38(28(5)6)43(56)49-22-16-20-31(49)41(54)50-23-17-21-32(50)45(58)60-39(29(7)8)44(57)51-33(34(59-12)25-35(51)52)24-30-18-14-13-15-19-30/h13-15,18-19,25-29,31-33,36-39H,16-17,20-24H2,1-12H3,(H,46,53)/t31-,32-,33-,36+,37-,38+,39+/m0/s1. The fraction of sp³-hybridized carbons (Fsp3) is 0.667. The van der Waals surface area contributed by atoms with Gasteiger partial charge in [-0.2, -0.15) is 0 Å². The van der Waals surface area contributed by atoms with Crippen LogP contribution in [0.5, 0.6) is 0 Å². The zero-order valence-electron chi connectivity index (χ0n) is 37.7. The van der Waals surface area contributed by atoms with Gasteiger partial charge in [-0.05, 0) is 69.0 Å². The molecular weight excluding hydrogens is 769 g/mol. The highest BCUT2D eigenvalue weighted by Crippen LogP contribution is 2.30. The van der Waals surface area contributed by atoms with Crippen LogP contribution in [0.4, 0.5) is 0 Å². The van der Waals surface area contributed by atoms with E-state index in [4.69, 9.17) is 9.47 Å². The third-order valence-corrected chi connectivity index (χ3v) is 11.9. The smallest absolute Gasteiger partial charge is 0.329 e. The Kier molecular flexibility index (Phi) is 16.5. The first-order chi connectivity index (χ1) is 28.2. The van der Waals surface area contributed by atoms with Crippen LogP contribution >= 0.6 is 0 Å². The molecule has 0 spiro atoms. The Morgan fingerprint density at radius 2 is 1.35 bits per heavy atom. The summed E-state index contributed by atoms with van der Waals surface area (Å²) in [4.78, 5) is 105. The summed E-state index contributed by atoms with van der Waals surface area (Å²) in [5.74, 6) is -4.24. The first-order valence-corrected chi connectivity index (χ1v) is 21.4. The van der Waals surface area contributed by atoms with E-state index in [2.05, 4.69) is 5.32 Å². The van der Waals surface area contributed by atoms with Gasteiger partial charge in [-0.1, -0.05) is 85.7 Å². The van der Waals surface area contributed by atoms with Crippen molar-refractivity contribution in [2.45, 2.75) is 130 Å². The zero-order valence-corrected chi connectivity index (χ0v) is 37.7. The third-order valence-electron chi connectivity index (χ3n) is 11.9. The van der Waals surface area contributed by atoms with Gasteiger partial charge in [0, 0.05) is 32.6 Å².